The monoisotopic (exact) mass is 146 g/mol. The Labute approximate surface area is 64.3 Å². The number of nitrogens with zero attached hydrogens (tertiary/aromatic N) is 1. The van der Waals surface area contributed by atoms with Crippen LogP contribution < -0.4 is 5.46 Å². The predicted octanol–water partition coefficient (Wildman–Crippen LogP) is -0.468. The van der Waals surface area contributed by atoms with Crippen LogP contribution in [0.25, 0.3) is 10.9 Å². The van der Waals surface area contributed by atoms with Gasteiger partial charge in [-0.15, -0.1) is 0 Å². The van der Waals surface area contributed by atoms with Crippen molar-refractivity contribution in [1.82, 2.24) is 10.2 Å². The van der Waals surface area contributed by atoms with Gasteiger partial charge in [-0.05, 0) is 6.07 Å². The Morgan fingerprint density at radius 3 is 3.18 bits per heavy atom. The lowest BCUT2D eigenvalue weighted by atomic mass is 9.88. The van der Waals surface area contributed by atoms with Crippen LogP contribution in [0.5, 0.6) is 0 Å². The van der Waals surface area contributed by atoms with Crippen molar-refractivity contribution in [1.29, 1.82) is 0 Å². The van der Waals surface area contributed by atoms with Crippen molar-refractivity contribution in [2.75, 3.05) is 0 Å². The molecule has 0 unspecified atom stereocenters. The summed E-state index contributed by atoms with van der Waals surface area (Å²) in [6.45, 7) is 0. The number of aromatic nitrogens is 2. The topological polar surface area (TPSA) is 48.9 Å². The van der Waals surface area contributed by atoms with E-state index in [2.05, 4.69) is 10.2 Å². The van der Waals surface area contributed by atoms with Crippen LogP contribution in [0, 0.1) is 0 Å². The van der Waals surface area contributed by atoms with Gasteiger partial charge in [0.25, 0.3) is 0 Å². The fraction of sp³-hybridized carbons (Fsp3) is 0. The summed E-state index contributed by atoms with van der Waals surface area (Å²) in [5.41, 5.74) is 1.92. The number of rotatable bonds is 1. The van der Waals surface area contributed by atoms with Crippen LogP contribution in [0.1, 0.15) is 0 Å². The molecule has 0 amide bonds. The minimum absolute atomic E-state index is 0.0844. The van der Waals surface area contributed by atoms with E-state index < -0.39 is 0 Å². The van der Waals surface area contributed by atoms with Crippen LogP contribution >= 0.6 is 0 Å². The molecule has 1 aromatic carbocycles. The van der Waals surface area contributed by atoms with Crippen molar-refractivity contribution in [2.45, 2.75) is 0 Å². The molecular weight excluding hydrogens is 139 g/mol. The number of hydrogen-bond acceptors (Lipinski definition) is 2. The van der Waals surface area contributed by atoms with Crippen molar-refractivity contribution in [3.8, 4) is 0 Å². The minimum Gasteiger partial charge on any atom is -0.449 e. The molecule has 2 N–H and O–H groups in total. The summed E-state index contributed by atoms with van der Waals surface area (Å²) in [5, 5.41) is 16.6. The summed E-state index contributed by atoms with van der Waals surface area (Å²) >= 11 is 0. The quantitative estimate of drug-likeness (QED) is 0.534. The second kappa shape index (κ2) is 2.40. The average molecular weight is 146 g/mol. The normalized spacial score (nSPS) is 10.3. The predicted molar refractivity (Wildman–Crippen MR) is 45.1 cm³/mol. The van der Waals surface area contributed by atoms with Gasteiger partial charge in [0.1, 0.15) is 0 Å². The molecule has 0 aliphatic carbocycles. The van der Waals surface area contributed by atoms with E-state index in [1.807, 2.05) is 18.2 Å². The van der Waals surface area contributed by atoms with Crippen LogP contribution in [0.2, 0.25) is 0 Å². The van der Waals surface area contributed by atoms with Gasteiger partial charge < -0.3 is 5.02 Å². The summed E-state index contributed by atoms with van der Waals surface area (Å²) in [6.07, 6.45) is 1.74. The van der Waals surface area contributed by atoms with Gasteiger partial charge in [0.05, 0.1) is 11.7 Å². The molecule has 0 fully saturated rings. The van der Waals surface area contributed by atoms with Crippen molar-refractivity contribution in [3.05, 3.63) is 24.4 Å². The van der Waals surface area contributed by atoms with Crippen LogP contribution in [0.15, 0.2) is 24.4 Å². The molecule has 1 heterocycles. The first-order valence-corrected chi connectivity index (χ1v) is 3.43. The fourth-order valence-electron chi connectivity index (χ4n) is 1.09. The lowest BCUT2D eigenvalue weighted by molar-refractivity contribution is 0.615. The fourth-order valence-corrected chi connectivity index (χ4v) is 1.09. The first-order chi connectivity index (χ1) is 5.40. The number of aromatic amines is 1. The van der Waals surface area contributed by atoms with Gasteiger partial charge >= 0.3 is 7.48 Å². The van der Waals surface area contributed by atoms with E-state index in [0.29, 0.717) is 0 Å². The van der Waals surface area contributed by atoms with Crippen LogP contribution in [0.3, 0.4) is 0 Å². The zero-order chi connectivity index (χ0) is 7.68. The van der Waals surface area contributed by atoms with Gasteiger partial charge in [-0.2, -0.15) is 5.10 Å². The first kappa shape index (κ1) is 6.43. The van der Waals surface area contributed by atoms with Gasteiger partial charge in [-0.3, -0.25) is 5.10 Å². The molecule has 11 heavy (non-hydrogen) atoms. The molecule has 2 rings (SSSR count). The Morgan fingerprint density at radius 2 is 2.36 bits per heavy atom. The van der Waals surface area contributed by atoms with E-state index in [0.717, 1.165) is 16.4 Å². The summed E-state index contributed by atoms with van der Waals surface area (Å²) in [7, 11) is 0.0844. The SMILES string of the molecule is OBc1ccc2[nH]ncc2c1. The van der Waals surface area contributed by atoms with Gasteiger partial charge in [-0.1, -0.05) is 17.6 Å². The van der Waals surface area contributed by atoms with E-state index in [1.54, 1.807) is 6.20 Å². The molecular formula is C7H7BN2O. The second-order valence-corrected chi connectivity index (χ2v) is 2.45. The van der Waals surface area contributed by atoms with E-state index in [4.69, 9.17) is 5.02 Å². The van der Waals surface area contributed by atoms with Crippen molar-refractivity contribution < 1.29 is 5.02 Å². The van der Waals surface area contributed by atoms with Gasteiger partial charge in [0.2, 0.25) is 0 Å². The van der Waals surface area contributed by atoms with Gasteiger partial charge in [0.15, 0.2) is 0 Å². The molecule has 0 bridgehead atoms. The molecule has 3 nitrogen and oxygen atoms in total. The number of fused-ring (bicyclic) bond motifs is 1. The standard InChI is InChI=1S/C7H7BN2O/c11-8-6-1-2-7-5(3-6)4-9-10-7/h1-4,8,11H,(H,9,10). The Bertz CT molecular complexity index is 371. The molecule has 2 aromatic rings. The third-order valence-corrected chi connectivity index (χ3v) is 1.69. The zero-order valence-electron chi connectivity index (χ0n) is 5.91. The number of H-pyrrole nitrogens is 1. The van der Waals surface area contributed by atoms with Crippen LogP contribution in [-0.2, 0) is 0 Å². The Kier molecular flexibility index (Phi) is 1.40. The summed E-state index contributed by atoms with van der Waals surface area (Å²) in [6, 6.07) is 5.70. The van der Waals surface area contributed by atoms with Gasteiger partial charge in [-0.25, -0.2) is 0 Å². The third kappa shape index (κ3) is 1.01. The van der Waals surface area contributed by atoms with Crippen LogP contribution in [0.4, 0.5) is 0 Å². The molecule has 4 heteroatoms. The highest BCUT2D eigenvalue weighted by Gasteiger charge is 1.96. The zero-order valence-corrected chi connectivity index (χ0v) is 5.91. The smallest absolute Gasteiger partial charge is 0.304 e. The number of hydrogen-bond donors (Lipinski definition) is 2. The third-order valence-electron chi connectivity index (χ3n) is 1.69. The second-order valence-electron chi connectivity index (χ2n) is 2.45. The summed E-state index contributed by atoms with van der Waals surface area (Å²) < 4.78 is 0. The van der Waals surface area contributed by atoms with Crippen molar-refractivity contribution in [2.24, 2.45) is 0 Å². The van der Waals surface area contributed by atoms with E-state index in [1.165, 1.54) is 0 Å². The van der Waals surface area contributed by atoms with E-state index in [-0.39, 0.29) is 7.48 Å². The van der Waals surface area contributed by atoms with Crippen LogP contribution in [-0.4, -0.2) is 22.7 Å². The van der Waals surface area contributed by atoms with Crippen molar-refractivity contribution in [3.63, 3.8) is 0 Å². The van der Waals surface area contributed by atoms with E-state index >= 15 is 0 Å². The number of benzene rings is 1. The highest BCUT2D eigenvalue weighted by Crippen LogP contribution is 2.05. The first-order valence-electron chi connectivity index (χ1n) is 3.43. The minimum atomic E-state index is 0.0844. The maximum atomic E-state index is 8.80. The highest BCUT2D eigenvalue weighted by molar-refractivity contribution is 6.45. The molecule has 0 spiro atoms. The Hall–Kier alpha value is -1.29. The molecule has 1 aromatic heterocycles. The lowest BCUT2D eigenvalue weighted by Crippen LogP contribution is -2.11. The molecule has 0 saturated heterocycles. The lowest BCUT2D eigenvalue weighted by Gasteiger charge is -1.92. The highest BCUT2D eigenvalue weighted by atomic mass is 16.2. The Balaban J connectivity index is 2.67. The summed E-state index contributed by atoms with van der Waals surface area (Å²) in [4.78, 5) is 0. The Morgan fingerprint density at radius 1 is 1.45 bits per heavy atom. The maximum absolute atomic E-state index is 8.80. The average Bonchev–Trinajstić information content (AvgIpc) is 2.50. The van der Waals surface area contributed by atoms with E-state index in [9.17, 15) is 0 Å². The largest absolute Gasteiger partial charge is 0.449 e. The molecule has 54 valence electrons. The summed E-state index contributed by atoms with van der Waals surface area (Å²) in [5.74, 6) is 0. The molecule has 0 aliphatic heterocycles. The molecule has 0 aliphatic rings. The molecule has 0 radical (unpaired) electrons. The molecule has 0 atom stereocenters. The number of nitrogens with one attached hydrogen (secondary N) is 1. The van der Waals surface area contributed by atoms with Gasteiger partial charge in [0, 0.05) is 5.39 Å². The molecule has 0 saturated carbocycles. The maximum Gasteiger partial charge on any atom is 0.304 e. The van der Waals surface area contributed by atoms with Crippen molar-refractivity contribution >= 4 is 23.8 Å².